The Balaban J connectivity index is 1.96. The predicted octanol–water partition coefficient (Wildman–Crippen LogP) is 6.09. The molecule has 0 aromatic heterocycles. The summed E-state index contributed by atoms with van der Waals surface area (Å²) in [6.45, 7) is 14.2. The van der Waals surface area contributed by atoms with Crippen LogP contribution in [-0.2, 0) is 20.3 Å². The van der Waals surface area contributed by atoms with Gasteiger partial charge in [-0.1, -0.05) is 47.6 Å². The number of carbonyl (C=O) groups is 2. The number of hydrogen-bond acceptors (Lipinski definition) is 6. The van der Waals surface area contributed by atoms with Gasteiger partial charge in [-0.05, 0) is 65.1 Å². The maximum absolute atomic E-state index is 11.9. The first kappa shape index (κ1) is 27.2. The molecule has 2 aromatic carbocycles. The zero-order valence-corrected chi connectivity index (χ0v) is 21.7. The Labute approximate surface area is 203 Å². The lowest BCUT2D eigenvalue weighted by atomic mass is 9.80. The molecule has 186 valence electrons. The number of carbonyl (C=O) groups excluding carboxylic acids is 2. The second kappa shape index (κ2) is 11.4. The van der Waals surface area contributed by atoms with Gasteiger partial charge in [0.05, 0.1) is 38.6 Å². The van der Waals surface area contributed by atoms with Crippen molar-refractivity contribution in [2.24, 2.45) is 0 Å². The van der Waals surface area contributed by atoms with E-state index in [0.29, 0.717) is 19.0 Å². The van der Waals surface area contributed by atoms with Crippen LogP contribution in [0.2, 0.25) is 0 Å². The van der Waals surface area contributed by atoms with E-state index in [1.54, 1.807) is 12.1 Å². The van der Waals surface area contributed by atoms with Crippen LogP contribution >= 0.6 is 0 Å². The van der Waals surface area contributed by atoms with Gasteiger partial charge < -0.3 is 18.9 Å². The van der Waals surface area contributed by atoms with Crippen molar-refractivity contribution in [1.82, 2.24) is 0 Å². The standard InChI is InChI=1S/C28H38O6/c1-27(2,3)21-16-22(28(4,5)6)18-24(17-21)34-12-10-9-11-33-23-14-19(25(29)31-7)13-20(15-23)26(30)32-8/h13-18H,9-12H2,1-8H3. The van der Waals surface area contributed by atoms with E-state index in [2.05, 4.69) is 59.7 Å². The zero-order valence-electron chi connectivity index (χ0n) is 21.7. The molecule has 0 aliphatic carbocycles. The quantitative estimate of drug-likeness (QED) is 0.326. The first-order valence-electron chi connectivity index (χ1n) is 11.6. The van der Waals surface area contributed by atoms with E-state index in [1.807, 2.05) is 0 Å². The Hall–Kier alpha value is -3.02. The molecule has 0 N–H and O–H groups in total. The van der Waals surface area contributed by atoms with E-state index < -0.39 is 11.9 Å². The molecule has 0 aliphatic rings. The molecule has 0 unspecified atom stereocenters. The Morgan fingerprint density at radius 1 is 0.618 bits per heavy atom. The fraction of sp³-hybridized carbons (Fsp3) is 0.500. The van der Waals surface area contributed by atoms with Crippen LogP contribution in [0.25, 0.3) is 0 Å². The molecule has 0 spiro atoms. The molecule has 0 atom stereocenters. The molecule has 0 saturated heterocycles. The summed E-state index contributed by atoms with van der Waals surface area (Å²) in [4.78, 5) is 23.8. The van der Waals surface area contributed by atoms with Crippen LogP contribution in [0.3, 0.4) is 0 Å². The topological polar surface area (TPSA) is 71.1 Å². The van der Waals surface area contributed by atoms with Crippen LogP contribution in [0, 0.1) is 0 Å². The van der Waals surface area contributed by atoms with E-state index in [1.165, 1.54) is 31.4 Å². The number of hydrogen-bond donors (Lipinski definition) is 0. The van der Waals surface area contributed by atoms with Gasteiger partial charge in [-0.2, -0.15) is 0 Å². The Kier molecular flexibility index (Phi) is 9.14. The summed E-state index contributed by atoms with van der Waals surface area (Å²) in [5.41, 5.74) is 3.05. The molecule has 0 saturated carbocycles. The summed E-state index contributed by atoms with van der Waals surface area (Å²) in [7, 11) is 2.57. The predicted molar refractivity (Wildman–Crippen MR) is 133 cm³/mol. The highest BCUT2D eigenvalue weighted by atomic mass is 16.5. The highest BCUT2D eigenvalue weighted by Crippen LogP contribution is 2.33. The van der Waals surface area contributed by atoms with Crippen molar-refractivity contribution >= 4 is 11.9 Å². The van der Waals surface area contributed by atoms with Gasteiger partial charge in [-0.25, -0.2) is 9.59 Å². The van der Waals surface area contributed by atoms with E-state index in [0.717, 1.165) is 18.6 Å². The number of benzene rings is 2. The monoisotopic (exact) mass is 470 g/mol. The molecular weight excluding hydrogens is 432 g/mol. The van der Waals surface area contributed by atoms with Crippen LogP contribution < -0.4 is 9.47 Å². The number of ether oxygens (including phenoxy) is 4. The van der Waals surface area contributed by atoms with E-state index in [9.17, 15) is 9.59 Å². The maximum atomic E-state index is 11.9. The summed E-state index contributed by atoms with van der Waals surface area (Å²) in [5, 5.41) is 0. The van der Waals surface area contributed by atoms with Crippen LogP contribution in [0.5, 0.6) is 11.5 Å². The molecule has 2 rings (SSSR count). The third-order valence-corrected chi connectivity index (χ3v) is 5.46. The van der Waals surface area contributed by atoms with Gasteiger partial charge >= 0.3 is 11.9 Å². The fourth-order valence-corrected chi connectivity index (χ4v) is 3.29. The first-order chi connectivity index (χ1) is 15.8. The number of rotatable bonds is 9. The van der Waals surface area contributed by atoms with Crippen molar-refractivity contribution in [1.29, 1.82) is 0 Å². The van der Waals surface area contributed by atoms with Gasteiger partial charge in [0.25, 0.3) is 0 Å². The Morgan fingerprint density at radius 3 is 1.35 bits per heavy atom. The minimum Gasteiger partial charge on any atom is -0.494 e. The summed E-state index contributed by atoms with van der Waals surface area (Å²) < 4.78 is 21.4. The molecule has 0 fully saturated rings. The number of methoxy groups -OCH3 is 2. The molecule has 0 radical (unpaired) electrons. The second-order valence-electron chi connectivity index (χ2n) is 10.4. The summed E-state index contributed by atoms with van der Waals surface area (Å²) in [6.07, 6.45) is 1.55. The lowest BCUT2D eigenvalue weighted by Gasteiger charge is -2.26. The van der Waals surface area contributed by atoms with Crippen LogP contribution in [0.1, 0.15) is 86.2 Å². The maximum Gasteiger partial charge on any atom is 0.338 e. The summed E-state index contributed by atoms with van der Waals surface area (Å²) >= 11 is 0. The van der Waals surface area contributed by atoms with Crippen LogP contribution in [-0.4, -0.2) is 39.4 Å². The van der Waals surface area contributed by atoms with Gasteiger partial charge in [0.2, 0.25) is 0 Å². The van der Waals surface area contributed by atoms with Crippen LogP contribution in [0.4, 0.5) is 0 Å². The second-order valence-corrected chi connectivity index (χ2v) is 10.4. The van der Waals surface area contributed by atoms with Crippen molar-refractivity contribution in [3.63, 3.8) is 0 Å². The van der Waals surface area contributed by atoms with Crippen LogP contribution in [0.15, 0.2) is 36.4 Å². The van der Waals surface area contributed by atoms with E-state index in [4.69, 9.17) is 18.9 Å². The van der Waals surface area contributed by atoms with Gasteiger partial charge in [0.15, 0.2) is 0 Å². The minimum absolute atomic E-state index is 0.0367. The fourth-order valence-electron chi connectivity index (χ4n) is 3.29. The molecule has 6 heteroatoms. The lowest BCUT2D eigenvalue weighted by Crippen LogP contribution is -2.16. The molecule has 34 heavy (non-hydrogen) atoms. The van der Waals surface area contributed by atoms with E-state index in [-0.39, 0.29) is 22.0 Å². The highest BCUT2D eigenvalue weighted by Gasteiger charge is 2.21. The van der Waals surface area contributed by atoms with Crippen molar-refractivity contribution in [2.75, 3.05) is 27.4 Å². The third-order valence-electron chi connectivity index (χ3n) is 5.46. The van der Waals surface area contributed by atoms with Crippen molar-refractivity contribution < 1.29 is 28.5 Å². The van der Waals surface area contributed by atoms with Gasteiger partial charge in [0.1, 0.15) is 11.5 Å². The SMILES string of the molecule is COC(=O)c1cc(OCCCCOc2cc(C(C)(C)C)cc(C(C)(C)C)c2)cc(C(=O)OC)c1. The average Bonchev–Trinajstić information content (AvgIpc) is 2.78. The molecular formula is C28H38O6. The zero-order chi connectivity index (χ0) is 25.5. The molecule has 0 aliphatic heterocycles. The Bertz CT molecular complexity index is 928. The van der Waals surface area contributed by atoms with E-state index >= 15 is 0 Å². The molecule has 0 heterocycles. The largest absolute Gasteiger partial charge is 0.494 e. The highest BCUT2D eigenvalue weighted by molar-refractivity contribution is 5.96. The molecule has 0 amide bonds. The molecule has 2 aromatic rings. The third kappa shape index (κ3) is 7.79. The minimum atomic E-state index is -0.545. The van der Waals surface area contributed by atoms with Gasteiger partial charge in [-0.3, -0.25) is 0 Å². The van der Waals surface area contributed by atoms with Crippen molar-refractivity contribution in [3.05, 3.63) is 58.7 Å². The summed E-state index contributed by atoms with van der Waals surface area (Å²) in [6, 6.07) is 11.1. The van der Waals surface area contributed by atoms with Gasteiger partial charge in [0, 0.05) is 0 Å². The normalized spacial score (nSPS) is 11.6. The molecule has 6 nitrogen and oxygen atoms in total. The summed E-state index contributed by atoms with van der Waals surface area (Å²) in [5.74, 6) is 0.205. The van der Waals surface area contributed by atoms with Crippen molar-refractivity contribution in [3.8, 4) is 11.5 Å². The lowest BCUT2D eigenvalue weighted by molar-refractivity contribution is 0.0598. The first-order valence-corrected chi connectivity index (χ1v) is 11.6. The van der Waals surface area contributed by atoms with Gasteiger partial charge in [-0.15, -0.1) is 0 Å². The number of unbranched alkanes of at least 4 members (excludes halogenated alkanes) is 1. The number of esters is 2. The Morgan fingerprint density at radius 2 is 1.00 bits per heavy atom. The smallest absolute Gasteiger partial charge is 0.338 e. The molecule has 0 bridgehead atoms. The average molecular weight is 471 g/mol. The van der Waals surface area contributed by atoms with Crippen molar-refractivity contribution in [2.45, 2.75) is 65.2 Å².